The second-order valence-corrected chi connectivity index (χ2v) is 5.77. The molecule has 3 atom stereocenters. The zero-order valence-electron chi connectivity index (χ0n) is 11.7. The third-order valence-corrected chi connectivity index (χ3v) is 4.30. The first kappa shape index (κ1) is 14.1. The fourth-order valence-electron chi connectivity index (χ4n) is 2.76. The van der Waals surface area contributed by atoms with E-state index in [1.165, 1.54) is 18.7 Å². The summed E-state index contributed by atoms with van der Waals surface area (Å²) in [5.41, 5.74) is 6.84. The summed E-state index contributed by atoms with van der Waals surface area (Å²) in [5, 5.41) is 0.685. The minimum Gasteiger partial charge on any atom is -0.299 e. The summed E-state index contributed by atoms with van der Waals surface area (Å²) < 4.78 is 0. The number of benzene rings is 1. The van der Waals surface area contributed by atoms with E-state index in [0.717, 1.165) is 5.69 Å². The number of anilines is 1. The molecule has 0 bridgehead atoms. The molecule has 0 saturated carbocycles. The first-order chi connectivity index (χ1) is 10.1. The van der Waals surface area contributed by atoms with E-state index >= 15 is 0 Å². The highest BCUT2D eigenvalue weighted by molar-refractivity contribution is 8.13. The maximum Gasteiger partial charge on any atom is 0.241 e. The van der Waals surface area contributed by atoms with Crippen LogP contribution in [-0.2, 0) is 9.59 Å². The van der Waals surface area contributed by atoms with Crippen LogP contribution in [0, 0.1) is 5.92 Å². The molecule has 0 aromatic heterocycles. The molecule has 2 N–H and O–H groups in total. The number of hydrogen-bond acceptors (Lipinski definition) is 6. The lowest BCUT2D eigenvalue weighted by Crippen LogP contribution is -2.58. The van der Waals surface area contributed by atoms with E-state index in [2.05, 4.69) is 15.8 Å². The van der Waals surface area contributed by atoms with E-state index in [9.17, 15) is 9.59 Å². The van der Waals surface area contributed by atoms with E-state index in [1.807, 2.05) is 36.6 Å². The van der Waals surface area contributed by atoms with Gasteiger partial charge in [0.15, 0.2) is 5.17 Å². The van der Waals surface area contributed by atoms with Gasteiger partial charge in [0, 0.05) is 5.69 Å². The fourth-order valence-corrected chi connectivity index (χ4v) is 3.15. The highest BCUT2D eigenvalue weighted by atomic mass is 32.2. The molecule has 1 saturated heterocycles. The van der Waals surface area contributed by atoms with Gasteiger partial charge < -0.3 is 0 Å². The number of aliphatic imine (C=N–C) groups is 1. The first-order valence-electron chi connectivity index (χ1n) is 6.65. The van der Waals surface area contributed by atoms with Crippen LogP contribution in [-0.4, -0.2) is 35.3 Å². The van der Waals surface area contributed by atoms with Crippen LogP contribution in [0.15, 0.2) is 35.3 Å². The van der Waals surface area contributed by atoms with Gasteiger partial charge in [-0.2, -0.15) is 0 Å². The molecular weight excluding hydrogens is 288 g/mol. The van der Waals surface area contributed by atoms with Crippen molar-refractivity contribution in [1.29, 1.82) is 0 Å². The minimum absolute atomic E-state index is 0.152. The molecular formula is C14H16N4O2S. The quantitative estimate of drug-likeness (QED) is 0.789. The van der Waals surface area contributed by atoms with E-state index in [1.54, 1.807) is 4.90 Å². The van der Waals surface area contributed by atoms with Gasteiger partial charge in [0.25, 0.3) is 0 Å². The van der Waals surface area contributed by atoms with Crippen LogP contribution in [0.1, 0.15) is 6.92 Å². The van der Waals surface area contributed by atoms with E-state index in [-0.39, 0.29) is 17.9 Å². The van der Waals surface area contributed by atoms with Crippen LogP contribution in [0.4, 0.5) is 5.69 Å². The SMILES string of the molecule is CSC1=N[C@H]2[C@H](C(C)=O)C(=O)N(c3ccccc3)[C@@H]2NN1. The Morgan fingerprint density at radius 3 is 2.67 bits per heavy atom. The Labute approximate surface area is 127 Å². The lowest BCUT2D eigenvalue weighted by Gasteiger charge is -2.31. The van der Waals surface area contributed by atoms with Gasteiger partial charge in [-0.3, -0.25) is 24.9 Å². The third kappa shape index (κ3) is 2.32. The number of rotatable bonds is 2. The minimum atomic E-state index is -0.730. The van der Waals surface area contributed by atoms with Gasteiger partial charge in [-0.15, -0.1) is 0 Å². The zero-order chi connectivity index (χ0) is 15.0. The maximum atomic E-state index is 12.7. The number of amidine groups is 1. The molecule has 2 aliphatic heterocycles. The molecule has 1 fully saturated rings. The summed E-state index contributed by atoms with van der Waals surface area (Å²) >= 11 is 1.44. The zero-order valence-corrected chi connectivity index (χ0v) is 12.6. The molecule has 0 radical (unpaired) electrons. The molecule has 1 aromatic rings. The molecule has 6 nitrogen and oxygen atoms in total. The molecule has 0 aliphatic carbocycles. The van der Waals surface area contributed by atoms with Crippen molar-refractivity contribution in [3.05, 3.63) is 30.3 Å². The van der Waals surface area contributed by atoms with E-state index in [4.69, 9.17) is 0 Å². The number of carbonyl (C=O) groups is 2. The van der Waals surface area contributed by atoms with Gasteiger partial charge >= 0.3 is 0 Å². The van der Waals surface area contributed by atoms with Crippen molar-refractivity contribution in [3.8, 4) is 0 Å². The number of ketones is 1. The van der Waals surface area contributed by atoms with Gasteiger partial charge in [0.1, 0.15) is 23.9 Å². The summed E-state index contributed by atoms with van der Waals surface area (Å²) in [7, 11) is 0. The lowest BCUT2D eigenvalue weighted by atomic mass is 9.98. The second kappa shape index (κ2) is 5.50. The number of para-hydroxylation sites is 1. The highest BCUT2D eigenvalue weighted by Crippen LogP contribution is 2.33. The average molecular weight is 304 g/mol. The number of nitrogens with zero attached hydrogens (tertiary/aromatic N) is 2. The second-order valence-electron chi connectivity index (χ2n) is 4.98. The fraction of sp³-hybridized carbons (Fsp3) is 0.357. The number of hydrogen-bond donors (Lipinski definition) is 2. The summed E-state index contributed by atoms with van der Waals surface area (Å²) in [6.07, 6.45) is 1.53. The van der Waals surface area contributed by atoms with Crippen molar-refractivity contribution >= 4 is 34.3 Å². The van der Waals surface area contributed by atoms with E-state index < -0.39 is 12.0 Å². The van der Waals surface area contributed by atoms with E-state index in [0.29, 0.717) is 5.17 Å². The van der Waals surface area contributed by atoms with Crippen LogP contribution >= 0.6 is 11.8 Å². The van der Waals surface area contributed by atoms with Crippen molar-refractivity contribution in [1.82, 2.24) is 10.9 Å². The highest BCUT2D eigenvalue weighted by Gasteiger charge is 2.52. The van der Waals surface area contributed by atoms with Gasteiger partial charge in [-0.1, -0.05) is 30.0 Å². The Balaban J connectivity index is 2.03. The van der Waals surface area contributed by atoms with Crippen LogP contribution in [0.2, 0.25) is 0 Å². The summed E-state index contributed by atoms with van der Waals surface area (Å²) in [6.45, 7) is 1.45. The predicted molar refractivity (Wildman–Crippen MR) is 82.9 cm³/mol. The Bertz CT molecular complexity index is 604. The summed E-state index contributed by atoms with van der Waals surface area (Å²) in [5.74, 6) is -1.09. The molecule has 2 heterocycles. The number of hydrazine groups is 1. The molecule has 2 aliphatic rings. The molecule has 21 heavy (non-hydrogen) atoms. The van der Waals surface area contributed by atoms with Crippen LogP contribution in [0.25, 0.3) is 0 Å². The topological polar surface area (TPSA) is 73.8 Å². The molecule has 3 rings (SSSR count). The summed E-state index contributed by atoms with van der Waals surface area (Å²) in [4.78, 5) is 30.7. The molecule has 7 heteroatoms. The Morgan fingerprint density at radius 1 is 1.33 bits per heavy atom. The first-order valence-corrected chi connectivity index (χ1v) is 7.88. The Kier molecular flexibility index (Phi) is 3.69. The Morgan fingerprint density at radius 2 is 2.05 bits per heavy atom. The van der Waals surface area contributed by atoms with Gasteiger partial charge in [-0.05, 0) is 25.3 Å². The van der Waals surface area contributed by atoms with Crippen molar-refractivity contribution in [2.45, 2.75) is 19.1 Å². The Hall–Kier alpha value is -1.86. The number of thioether (sulfide) groups is 1. The smallest absolute Gasteiger partial charge is 0.241 e. The van der Waals surface area contributed by atoms with Crippen molar-refractivity contribution in [2.24, 2.45) is 10.9 Å². The number of carbonyl (C=O) groups excluding carboxylic acids is 2. The van der Waals surface area contributed by atoms with Gasteiger partial charge in [0.2, 0.25) is 5.91 Å². The number of Topliss-reactive ketones (excluding diaryl/α,β-unsaturated/α-hetero) is 1. The maximum absolute atomic E-state index is 12.7. The van der Waals surface area contributed by atoms with Crippen molar-refractivity contribution in [2.75, 3.05) is 11.2 Å². The summed E-state index contributed by atoms with van der Waals surface area (Å²) in [6, 6.07) is 8.93. The van der Waals surface area contributed by atoms with Crippen molar-refractivity contribution < 1.29 is 9.59 Å². The molecule has 0 spiro atoms. The molecule has 1 aromatic carbocycles. The predicted octanol–water partition coefficient (Wildman–Crippen LogP) is 0.760. The van der Waals surface area contributed by atoms with Gasteiger partial charge in [0.05, 0.1) is 0 Å². The van der Waals surface area contributed by atoms with Gasteiger partial charge in [-0.25, -0.2) is 5.43 Å². The average Bonchev–Trinajstić information content (AvgIpc) is 2.79. The van der Waals surface area contributed by atoms with Crippen LogP contribution in [0.5, 0.6) is 0 Å². The van der Waals surface area contributed by atoms with Crippen LogP contribution < -0.4 is 15.8 Å². The van der Waals surface area contributed by atoms with Crippen molar-refractivity contribution in [3.63, 3.8) is 0 Å². The van der Waals surface area contributed by atoms with Crippen LogP contribution in [0.3, 0.4) is 0 Å². The number of nitrogens with one attached hydrogen (secondary N) is 2. The number of fused-ring (bicyclic) bond motifs is 1. The normalized spacial score (nSPS) is 27.9. The lowest BCUT2D eigenvalue weighted by molar-refractivity contribution is -0.129. The number of amides is 1. The largest absolute Gasteiger partial charge is 0.299 e. The third-order valence-electron chi connectivity index (χ3n) is 3.71. The molecule has 1 amide bonds. The molecule has 0 unspecified atom stereocenters. The monoisotopic (exact) mass is 304 g/mol. The molecule has 110 valence electrons. The standard InChI is InChI=1S/C14H16N4O2S/c1-8(19)10-11-12(16-17-14(15-11)21-2)18(13(10)20)9-6-4-3-5-7-9/h3-7,10-12,16H,1-2H3,(H,15,17)/t10-,11-,12-/m0/s1.